The molecule has 0 aromatic rings. The van der Waals surface area contributed by atoms with Gasteiger partial charge in [-0.05, 0) is 0 Å². The normalized spacial score (nSPS) is 21.4. The van der Waals surface area contributed by atoms with E-state index in [2.05, 4.69) is 69.2 Å². The third-order valence-electron chi connectivity index (χ3n) is 7.36. The third-order valence-corrected chi connectivity index (χ3v) is 14.3. The van der Waals surface area contributed by atoms with E-state index < -0.39 is 29.3 Å². The molecule has 0 heterocycles. The van der Waals surface area contributed by atoms with Gasteiger partial charge in [0.1, 0.15) is 0 Å². The average Bonchev–Trinajstić information content (AvgIpc) is 2.81. The Hall–Kier alpha value is -1.39. The molecule has 0 aromatic carbocycles. The number of carbonyl (C=O) groups is 2. The Labute approximate surface area is 180 Å². The Balaban J connectivity index is 3.01. The van der Waals surface area contributed by atoms with E-state index in [0.717, 1.165) is 18.9 Å². The fourth-order valence-electron chi connectivity index (χ4n) is 5.26. The minimum absolute atomic E-state index is 0.354. The summed E-state index contributed by atoms with van der Waals surface area (Å²) in [5, 5.41) is 0. The van der Waals surface area contributed by atoms with Gasteiger partial charge >= 0.3 is 181 Å². The molecule has 0 spiro atoms. The van der Waals surface area contributed by atoms with Crippen LogP contribution >= 0.6 is 0 Å². The van der Waals surface area contributed by atoms with Gasteiger partial charge in [0.15, 0.2) is 0 Å². The molecule has 0 saturated heterocycles. The summed E-state index contributed by atoms with van der Waals surface area (Å²) in [6.45, 7) is 24.0. The van der Waals surface area contributed by atoms with Gasteiger partial charge in [-0.3, -0.25) is 0 Å². The summed E-state index contributed by atoms with van der Waals surface area (Å²) in [4.78, 5) is 25.0. The van der Waals surface area contributed by atoms with Crippen LogP contribution in [-0.2, 0) is 33.6 Å². The van der Waals surface area contributed by atoms with Crippen LogP contribution in [0.5, 0.6) is 0 Å². The molecule has 2 rings (SSSR count). The first-order valence-electron chi connectivity index (χ1n) is 10.2. The van der Waals surface area contributed by atoms with Crippen molar-refractivity contribution in [2.75, 3.05) is 0 Å². The van der Waals surface area contributed by atoms with Crippen LogP contribution < -0.4 is 0 Å². The van der Waals surface area contributed by atoms with Gasteiger partial charge in [0.05, 0.1) is 0 Å². The second kappa shape index (κ2) is 7.39. The van der Waals surface area contributed by atoms with Gasteiger partial charge in [-0.1, -0.05) is 0 Å². The second-order valence-corrected chi connectivity index (χ2v) is 13.7. The van der Waals surface area contributed by atoms with E-state index in [4.69, 9.17) is 6.64 Å². The fraction of sp³-hybridized carbons (Fsp3) is 0.583. The van der Waals surface area contributed by atoms with Crippen molar-refractivity contribution in [1.29, 1.82) is 0 Å². The Bertz CT molecular complexity index is 847. The fourth-order valence-corrected chi connectivity index (χ4v) is 12.9. The zero-order valence-corrected chi connectivity index (χ0v) is 21.7. The molecule has 0 amide bonds. The van der Waals surface area contributed by atoms with Crippen molar-refractivity contribution in [2.45, 2.75) is 83.1 Å². The van der Waals surface area contributed by atoms with Crippen molar-refractivity contribution < 1.29 is 33.6 Å². The van der Waals surface area contributed by atoms with Crippen molar-refractivity contribution in [1.82, 2.24) is 0 Å². The Kier molecular flexibility index (Phi) is 6.09. The molecular weight excluding hydrogens is 400 g/mol. The van der Waals surface area contributed by atoms with Crippen LogP contribution in [0.4, 0.5) is 0 Å². The Morgan fingerprint density at radius 3 is 1.07 bits per heavy atom. The first kappa shape index (κ1) is 23.9. The van der Waals surface area contributed by atoms with E-state index in [1.54, 1.807) is 0 Å². The third kappa shape index (κ3) is 3.42. The molecule has 0 atom stereocenters. The van der Waals surface area contributed by atoms with Crippen molar-refractivity contribution in [3.05, 3.63) is 41.2 Å². The van der Waals surface area contributed by atoms with E-state index in [-0.39, 0.29) is 10.8 Å². The van der Waals surface area contributed by atoms with Crippen LogP contribution in [0.3, 0.4) is 0 Å². The van der Waals surface area contributed by atoms with Crippen LogP contribution in [0.2, 0.25) is 0 Å². The van der Waals surface area contributed by atoms with Crippen molar-refractivity contribution in [2.24, 2.45) is 10.8 Å². The van der Waals surface area contributed by atoms with Gasteiger partial charge < -0.3 is 0 Å². The van der Waals surface area contributed by atoms with Crippen molar-refractivity contribution >= 4 is 11.9 Å². The van der Waals surface area contributed by atoms with Gasteiger partial charge in [-0.2, -0.15) is 0 Å². The SMILES string of the molecule is CC(=O)[O][Ti]([O]C(C)=O)([C]1=C(C)C(C)=C(C)C1(C)C)[C]1=C(C)C(C)=C(C)C1(C)C. The molecule has 0 saturated carbocycles. The molecule has 0 bridgehead atoms. The van der Waals surface area contributed by atoms with Crippen LogP contribution in [0.1, 0.15) is 83.1 Å². The van der Waals surface area contributed by atoms with Crippen molar-refractivity contribution in [3.63, 3.8) is 0 Å². The van der Waals surface area contributed by atoms with Crippen LogP contribution in [0.15, 0.2) is 41.2 Å². The Morgan fingerprint density at radius 2 is 0.897 bits per heavy atom. The minimum atomic E-state index is -4.36. The van der Waals surface area contributed by atoms with E-state index in [0.29, 0.717) is 0 Å². The number of hydrogen-bond acceptors (Lipinski definition) is 4. The first-order valence-corrected chi connectivity index (χ1v) is 13.1. The predicted octanol–water partition coefficient (Wildman–Crippen LogP) is 6.40. The van der Waals surface area contributed by atoms with E-state index in [1.807, 2.05) is 0 Å². The summed E-state index contributed by atoms with van der Waals surface area (Å²) in [6.07, 6.45) is 0. The molecule has 0 N–H and O–H groups in total. The summed E-state index contributed by atoms with van der Waals surface area (Å²) in [6, 6.07) is 0. The zero-order valence-electron chi connectivity index (χ0n) is 20.1. The number of allylic oxidation sites excluding steroid dienone is 8. The van der Waals surface area contributed by atoms with Gasteiger partial charge in [-0.15, -0.1) is 0 Å². The van der Waals surface area contributed by atoms with Crippen LogP contribution in [0.25, 0.3) is 0 Å². The molecule has 0 aliphatic heterocycles. The topological polar surface area (TPSA) is 52.6 Å². The summed E-state index contributed by atoms with van der Waals surface area (Å²) >= 11 is -4.36. The monoisotopic (exact) mass is 436 g/mol. The number of rotatable bonds is 4. The molecule has 29 heavy (non-hydrogen) atoms. The Morgan fingerprint density at radius 1 is 0.621 bits per heavy atom. The molecule has 2 aliphatic carbocycles. The standard InChI is InChI=1S/2C10H15.2C2H4O2.Ti/c2*1-7-6-10(4,5)9(3)8(7)2;2*1-2(3)4;/h2*1-5H3;2*1H3,(H,3,4);/q;;;;+2/p-2. The van der Waals surface area contributed by atoms with E-state index in [9.17, 15) is 9.59 Å². The second-order valence-electron chi connectivity index (χ2n) is 9.55. The average molecular weight is 436 g/mol. The summed E-state index contributed by atoms with van der Waals surface area (Å²) in [7, 11) is 0. The van der Waals surface area contributed by atoms with E-state index in [1.165, 1.54) is 36.1 Å². The first-order chi connectivity index (χ1) is 13.0. The number of carbonyl (C=O) groups excluding carboxylic acids is 2. The quantitative estimate of drug-likeness (QED) is 0.479. The summed E-state index contributed by atoms with van der Waals surface area (Å²) in [5.74, 6) is -0.800. The molecule has 0 radical (unpaired) electrons. The summed E-state index contributed by atoms with van der Waals surface area (Å²) < 4.78 is 14.6. The van der Waals surface area contributed by atoms with Gasteiger partial charge in [-0.25, -0.2) is 0 Å². The predicted molar refractivity (Wildman–Crippen MR) is 113 cm³/mol. The zero-order chi connectivity index (χ0) is 22.7. The molecule has 160 valence electrons. The maximum absolute atomic E-state index is 12.5. The molecule has 0 aromatic heterocycles. The van der Waals surface area contributed by atoms with Crippen LogP contribution in [0, 0.1) is 10.8 Å². The molecule has 4 nitrogen and oxygen atoms in total. The van der Waals surface area contributed by atoms with Crippen LogP contribution in [-0.4, -0.2) is 11.9 Å². The van der Waals surface area contributed by atoms with E-state index >= 15 is 0 Å². The molecule has 0 unspecified atom stereocenters. The maximum atomic E-state index is 12.5. The number of hydrogen-bond donors (Lipinski definition) is 0. The summed E-state index contributed by atoms with van der Waals surface area (Å²) in [5.41, 5.74) is 6.32. The van der Waals surface area contributed by atoms with Gasteiger partial charge in [0.25, 0.3) is 0 Å². The van der Waals surface area contributed by atoms with Gasteiger partial charge in [0, 0.05) is 0 Å². The molecular formula is C24H36O4Ti. The molecule has 2 aliphatic rings. The molecule has 5 heteroatoms. The van der Waals surface area contributed by atoms with Crippen molar-refractivity contribution in [3.8, 4) is 0 Å². The van der Waals surface area contributed by atoms with Gasteiger partial charge in [0.2, 0.25) is 0 Å². The molecule has 0 fully saturated rings.